The molecular formula is C36H63NO7. The molecule has 8 heteroatoms. The predicted molar refractivity (Wildman–Crippen MR) is 176 cm³/mol. The van der Waals surface area contributed by atoms with Gasteiger partial charge in [-0.2, -0.15) is 0 Å². The Balaban J connectivity index is 4.57. The van der Waals surface area contributed by atoms with E-state index in [1.165, 1.54) is 38.5 Å². The lowest BCUT2D eigenvalue weighted by atomic mass is 10.1. The summed E-state index contributed by atoms with van der Waals surface area (Å²) < 4.78 is 16.9. The molecule has 0 aromatic rings. The Labute approximate surface area is 268 Å². The molecule has 0 saturated heterocycles. The molecule has 2 unspecified atom stereocenters. The zero-order valence-electron chi connectivity index (χ0n) is 28.6. The first-order valence-corrected chi connectivity index (χ1v) is 17.0. The van der Waals surface area contributed by atoms with Crippen molar-refractivity contribution < 1.29 is 38.2 Å². The van der Waals surface area contributed by atoms with E-state index in [1.54, 1.807) is 21.1 Å². The van der Waals surface area contributed by atoms with Crippen LogP contribution in [0, 0.1) is 0 Å². The molecule has 44 heavy (non-hydrogen) atoms. The number of carboxylic acid groups (broad SMARTS) is 1. The first kappa shape index (κ1) is 41.5. The van der Waals surface area contributed by atoms with Crippen LogP contribution < -0.4 is 5.11 Å². The second-order valence-corrected chi connectivity index (χ2v) is 12.4. The van der Waals surface area contributed by atoms with Gasteiger partial charge in [-0.15, -0.1) is 0 Å². The number of carbonyl (C=O) groups excluding carboxylic acids is 3. The number of carbonyl (C=O) groups is 3. The van der Waals surface area contributed by atoms with E-state index in [0.29, 0.717) is 12.8 Å². The number of hydrogen-bond acceptors (Lipinski definition) is 7. The smallest absolute Gasteiger partial charge is 0.306 e. The van der Waals surface area contributed by atoms with Gasteiger partial charge in [0.05, 0.1) is 40.3 Å². The summed E-state index contributed by atoms with van der Waals surface area (Å²) >= 11 is 0. The van der Waals surface area contributed by atoms with Gasteiger partial charge < -0.3 is 28.6 Å². The number of likely N-dealkylation sites (N-methyl/N-ethyl adjacent to an activating group) is 1. The summed E-state index contributed by atoms with van der Waals surface area (Å²) in [6.45, 7) is 4.47. The summed E-state index contributed by atoms with van der Waals surface area (Å²) in [6, 6.07) is -0.730. The number of esters is 2. The van der Waals surface area contributed by atoms with Gasteiger partial charge in [0.1, 0.15) is 12.6 Å². The summed E-state index contributed by atoms with van der Waals surface area (Å²) in [4.78, 5) is 36.4. The van der Waals surface area contributed by atoms with E-state index in [0.717, 1.165) is 44.9 Å². The van der Waals surface area contributed by atoms with Gasteiger partial charge in [0.25, 0.3) is 0 Å². The van der Waals surface area contributed by atoms with E-state index in [2.05, 4.69) is 50.3 Å². The summed E-state index contributed by atoms with van der Waals surface area (Å²) in [7, 11) is 5.36. The monoisotopic (exact) mass is 621 g/mol. The molecule has 8 nitrogen and oxygen atoms in total. The van der Waals surface area contributed by atoms with Gasteiger partial charge in [-0.25, -0.2) is 0 Å². The molecule has 0 spiro atoms. The van der Waals surface area contributed by atoms with Crippen molar-refractivity contribution >= 4 is 17.9 Å². The quantitative estimate of drug-likeness (QED) is 0.0304. The number of hydrogen-bond donors (Lipinski definition) is 0. The molecule has 0 fully saturated rings. The van der Waals surface area contributed by atoms with Gasteiger partial charge in [-0.05, 0) is 51.4 Å². The average Bonchev–Trinajstić information content (AvgIpc) is 2.96. The van der Waals surface area contributed by atoms with E-state index in [4.69, 9.17) is 14.2 Å². The fourth-order valence-corrected chi connectivity index (χ4v) is 4.52. The molecule has 0 aromatic carbocycles. The van der Waals surface area contributed by atoms with Gasteiger partial charge in [0, 0.05) is 19.3 Å². The van der Waals surface area contributed by atoms with Crippen molar-refractivity contribution in [1.82, 2.24) is 0 Å². The highest BCUT2D eigenvalue weighted by Gasteiger charge is 2.25. The van der Waals surface area contributed by atoms with Gasteiger partial charge in [0.15, 0.2) is 6.10 Å². The highest BCUT2D eigenvalue weighted by molar-refractivity contribution is 5.70. The number of nitrogens with zero attached hydrogens (tertiary/aromatic N) is 1. The van der Waals surface area contributed by atoms with E-state index in [-0.39, 0.29) is 49.1 Å². The number of quaternary nitrogens is 1. The maximum absolute atomic E-state index is 12.5. The lowest BCUT2D eigenvalue weighted by Gasteiger charge is -2.34. The van der Waals surface area contributed by atoms with Gasteiger partial charge in [-0.3, -0.25) is 9.59 Å². The summed E-state index contributed by atoms with van der Waals surface area (Å²) in [5.41, 5.74) is 0. The van der Waals surface area contributed by atoms with Gasteiger partial charge in [0.2, 0.25) is 0 Å². The second kappa shape index (κ2) is 28.1. The molecule has 0 aliphatic heterocycles. The molecule has 0 N–H and O–H groups in total. The Morgan fingerprint density at radius 1 is 0.682 bits per heavy atom. The SMILES string of the molecule is CCCC/C=C/C=C/CCCCCC(=O)OCC(COCCC(C(=O)[O-])[N+](C)(C)C)OC(=O)CCC/C=C/CCCCCC. The van der Waals surface area contributed by atoms with Crippen LogP contribution in [0.1, 0.15) is 123 Å². The van der Waals surface area contributed by atoms with Crippen molar-refractivity contribution in [2.24, 2.45) is 0 Å². The third-order valence-corrected chi connectivity index (χ3v) is 7.28. The normalized spacial score (nSPS) is 13.6. The Bertz CT molecular complexity index is 829. The third-order valence-electron chi connectivity index (χ3n) is 7.28. The predicted octanol–water partition coefficient (Wildman–Crippen LogP) is 6.62. The van der Waals surface area contributed by atoms with Crippen LogP contribution in [0.4, 0.5) is 0 Å². The zero-order chi connectivity index (χ0) is 32.9. The molecule has 0 radical (unpaired) electrons. The van der Waals surface area contributed by atoms with E-state index in [9.17, 15) is 19.5 Å². The lowest BCUT2D eigenvalue weighted by Crippen LogP contribution is -2.55. The largest absolute Gasteiger partial charge is 0.544 e. The van der Waals surface area contributed by atoms with E-state index < -0.39 is 18.1 Å². The van der Waals surface area contributed by atoms with Crippen LogP contribution in [-0.2, 0) is 28.6 Å². The van der Waals surface area contributed by atoms with Crippen LogP contribution in [0.25, 0.3) is 0 Å². The van der Waals surface area contributed by atoms with E-state index in [1.807, 2.05) is 0 Å². The Hall–Kier alpha value is -2.45. The molecule has 2 atom stereocenters. The first-order valence-electron chi connectivity index (χ1n) is 17.0. The van der Waals surface area contributed by atoms with Crippen molar-refractivity contribution in [2.45, 2.75) is 135 Å². The second-order valence-electron chi connectivity index (χ2n) is 12.4. The maximum atomic E-state index is 12.5. The highest BCUT2D eigenvalue weighted by atomic mass is 16.6. The van der Waals surface area contributed by atoms with Crippen molar-refractivity contribution in [3.8, 4) is 0 Å². The van der Waals surface area contributed by atoms with Crippen molar-refractivity contribution in [3.05, 3.63) is 36.5 Å². The fraction of sp³-hybridized carbons (Fsp3) is 0.750. The van der Waals surface area contributed by atoms with Crippen LogP contribution >= 0.6 is 0 Å². The molecule has 0 bridgehead atoms. The molecular weight excluding hydrogens is 558 g/mol. The standard InChI is InChI=1S/C36H63NO7/c1-6-8-10-12-14-16-17-19-20-22-24-26-34(38)43-31-32(30-42-29-28-33(36(40)41)37(3,4)5)44-35(39)27-25-23-21-18-15-13-11-9-7-2/h12,14,16-18,21,32-33H,6-11,13,15,19-20,22-31H2,1-5H3/b14-12+,17-16+,21-18+. The number of allylic oxidation sites excluding steroid dienone is 6. The first-order chi connectivity index (χ1) is 21.1. The average molecular weight is 622 g/mol. The maximum Gasteiger partial charge on any atom is 0.306 e. The molecule has 0 aliphatic rings. The molecule has 254 valence electrons. The van der Waals surface area contributed by atoms with Gasteiger partial charge in [-0.1, -0.05) is 88.8 Å². The lowest BCUT2D eigenvalue weighted by molar-refractivity contribution is -0.889. The van der Waals surface area contributed by atoms with E-state index >= 15 is 0 Å². The molecule has 0 heterocycles. The van der Waals surface area contributed by atoms with Gasteiger partial charge >= 0.3 is 11.9 Å². The van der Waals surface area contributed by atoms with Crippen molar-refractivity contribution in [3.63, 3.8) is 0 Å². The number of aliphatic carboxylic acids is 1. The zero-order valence-corrected chi connectivity index (χ0v) is 28.6. The number of ether oxygens (including phenoxy) is 3. The van der Waals surface area contributed by atoms with Crippen molar-refractivity contribution in [1.29, 1.82) is 0 Å². The number of carboxylic acids is 1. The Morgan fingerprint density at radius 3 is 1.86 bits per heavy atom. The van der Waals surface area contributed by atoms with Crippen molar-refractivity contribution in [2.75, 3.05) is 41.0 Å². The topological polar surface area (TPSA) is 102 Å². The van der Waals surface area contributed by atoms with Crippen LogP contribution in [0.2, 0.25) is 0 Å². The number of unbranched alkanes of at least 4 members (excludes halogenated alkanes) is 10. The summed E-state index contributed by atoms with van der Waals surface area (Å²) in [5.74, 6) is -1.83. The molecule has 0 aromatic heterocycles. The fourth-order valence-electron chi connectivity index (χ4n) is 4.52. The molecule has 0 amide bonds. The Morgan fingerprint density at radius 2 is 1.25 bits per heavy atom. The van der Waals surface area contributed by atoms with Crippen LogP contribution in [0.5, 0.6) is 0 Å². The third kappa shape index (κ3) is 26.0. The minimum absolute atomic E-state index is 0.0207. The minimum Gasteiger partial charge on any atom is -0.544 e. The van der Waals surface area contributed by atoms with Crippen LogP contribution in [0.3, 0.4) is 0 Å². The summed E-state index contributed by atoms with van der Waals surface area (Å²) in [5, 5.41) is 11.5. The van der Waals surface area contributed by atoms with Crippen LogP contribution in [-0.4, -0.2) is 75.5 Å². The molecule has 0 saturated carbocycles. The number of rotatable bonds is 29. The highest BCUT2D eigenvalue weighted by Crippen LogP contribution is 2.10. The summed E-state index contributed by atoms with van der Waals surface area (Å²) in [6.07, 6.45) is 27.6. The molecule has 0 rings (SSSR count). The minimum atomic E-state index is -1.14. The van der Waals surface area contributed by atoms with Crippen LogP contribution in [0.15, 0.2) is 36.5 Å². The molecule has 0 aliphatic carbocycles. The Kier molecular flexibility index (Phi) is 26.5.